The van der Waals surface area contributed by atoms with Crippen LogP contribution in [0.15, 0.2) is 22.7 Å². The fraction of sp³-hybridized carbons (Fsp3) is 0.562. The van der Waals surface area contributed by atoms with Crippen LogP contribution in [-0.4, -0.2) is 41.8 Å². The van der Waals surface area contributed by atoms with Crippen LogP contribution in [0.25, 0.3) is 11.5 Å². The molecule has 2 aromatic heterocycles. The van der Waals surface area contributed by atoms with Crippen LogP contribution in [-0.2, 0) is 6.54 Å². The Kier molecular flexibility index (Phi) is 4.41. The van der Waals surface area contributed by atoms with E-state index in [1.807, 2.05) is 25.3 Å². The highest BCUT2D eigenvalue weighted by Crippen LogP contribution is 2.23. The van der Waals surface area contributed by atoms with Gasteiger partial charge in [0.1, 0.15) is 11.5 Å². The van der Waals surface area contributed by atoms with Crippen molar-refractivity contribution in [1.29, 1.82) is 0 Å². The molecule has 0 bridgehead atoms. The monoisotopic (exact) mass is 288 g/mol. The lowest BCUT2D eigenvalue weighted by Crippen LogP contribution is -2.34. The first-order chi connectivity index (χ1) is 10.2. The molecule has 0 radical (unpaired) electrons. The van der Waals surface area contributed by atoms with Gasteiger partial charge in [-0.2, -0.15) is 5.10 Å². The molecule has 1 fully saturated rings. The minimum Gasteiger partial charge on any atom is -0.460 e. The van der Waals surface area contributed by atoms with Crippen LogP contribution in [0, 0.1) is 12.8 Å². The van der Waals surface area contributed by atoms with Gasteiger partial charge in [0.25, 0.3) is 0 Å². The number of piperidine rings is 1. The highest BCUT2D eigenvalue weighted by molar-refractivity contribution is 5.56. The molecule has 1 saturated heterocycles. The molecule has 5 heteroatoms. The zero-order valence-corrected chi connectivity index (χ0v) is 12.9. The number of H-pyrrole nitrogens is 1. The van der Waals surface area contributed by atoms with E-state index in [2.05, 4.69) is 27.5 Å². The average molecular weight is 288 g/mol. The number of rotatable bonds is 5. The van der Waals surface area contributed by atoms with Crippen LogP contribution in [0.3, 0.4) is 0 Å². The fourth-order valence-electron chi connectivity index (χ4n) is 2.90. The molecule has 1 aliphatic heterocycles. The fourth-order valence-corrected chi connectivity index (χ4v) is 2.90. The Morgan fingerprint density at radius 1 is 1.38 bits per heavy atom. The molecule has 3 heterocycles. The Morgan fingerprint density at radius 3 is 2.90 bits per heavy atom. The third-order valence-electron chi connectivity index (χ3n) is 4.29. The van der Waals surface area contributed by atoms with Gasteiger partial charge in [-0.15, -0.1) is 0 Å². The molecule has 0 amide bonds. The topological polar surface area (TPSA) is 57.1 Å². The van der Waals surface area contributed by atoms with Gasteiger partial charge in [0.2, 0.25) is 0 Å². The van der Waals surface area contributed by atoms with E-state index in [1.54, 1.807) is 0 Å². The summed E-state index contributed by atoms with van der Waals surface area (Å²) in [5.74, 6) is 2.58. The van der Waals surface area contributed by atoms with Crippen molar-refractivity contribution < 1.29 is 4.42 Å². The molecule has 2 N–H and O–H groups in total. The largest absolute Gasteiger partial charge is 0.460 e. The van der Waals surface area contributed by atoms with Gasteiger partial charge in [0, 0.05) is 12.1 Å². The number of likely N-dealkylation sites (tertiary alicyclic amines) is 1. The Hall–Kier alpha value is -1.59. The van der Waals surface area contributed by atoms with E-state index >= 15 is 0 Å². The zero-order chi connectivity index (χ0) is 14.7. The number of nitrogens with zero attached hydrogens (tertiary/aromatic N) is 2. The first-order valence-corrected chi connectivity index (χ1v) is 7.70. The molecule has 0 unspecified atom stereocenters. The molecule has 114 valence electrons. The summed E-state index contributed by atoms with van der Waals surface area (Å²) in [6, 6.07) is 3.97. The zero-order valence-electron chi connectivity index (χ0n) is 12.9. The quantitative estimate of drug-likeness (QED) is 0.887. The van der Waals surface area contributed by atoms with E-state index in [-0.39, 0.29) is 0 Å². The molecule has 0 aromatic carbocycles. The van der Waals surface area contributed by atoms with E-state index < -0.39 is 0 Å². The lowest BCUT2D eigenvalue weighted by Gasteiger charge is -2.29. The van der Waals surface area contributed by atoms with Crippen molar-refractivity contribution in [3.05, 3.63) is 29.7 Å². The van der Waals surface area contributed by atoms with Gasteiger partial charge in [0.05, 0.1) is 6.20 Å². The maximum atomic E-state index is 5.67. The molecule has 0 atom stereocenters. The summed E-state index contributed by atoms with van der Waals surface area (Å²) in [6.07, 6.45) is 4.47. The van der Waals surface area contributed by atoms with E-state index in [0.717, 1.165) is 41.8 Å². The van der Waals surface area contributed by atoms with E-state index in [9.17, 15) is 0 Å². The summed E-state index contributed by atoms with van der Waals surface area (Å²) in [7, 11) is 2.20. The first kappa shape index (κ1) is 14.4. The maximum absolute atomic E-state index is 5.67. The smallest absolute Gasteiger partial charge is 0.152 e. The number of hydrogen-bond acceptors (Lipinski definition) is 4. The predicted molar refractivity (Wildman–Crippen MR) is 83.0 cm³/mol. The van der Waals surface area contributed by atoms with Crippen molar-refractivity contribution in [3.63, 3.8) is 0 Å². The lowest BCUT2D eigenvalue weighted by atomic mass is 9.97. The third kappa shape index (κ3) is 3.54. The van der Waals surface area contributed by atoms with Crippen molar-refractivity contribution in [1.82, 2.24) is 20.4 Å². The molecule has 1 aliphatic rings. The predicted octanol–water partition coefficient (Wildman–Crippen LogP) is 2.41. The van der Waals surface area contributed by atoms with Gasteiger partial charge in [-0.1, -0.05) is 0 Å². The van der Waals surface area contributed by atoms with Crippen molar-refractivity contribution in [2.24, 2.45) is 5.92 Å². The van der Waals surface area contributed by atoms with Crippen LogP contribution < -0.4 is 5.32 Å². The summed E-state index contributed by atoms with van der Waals surface area (Å²) in [4.78, 5) is 2.41. The number of nitrogens with one attached hydrogen (secondary N) is 2. The van der Waals surface area contributed by atoms with Crippen LogP contribution in [0.1, 0.15) is 24.2 Å². The first-order valence-electron chi connectivity index (χ1n) is 7.70. The van der Waals surface area contributed by atoms with Gasteiger partial charge in [0.15, 0.2) is 5.76 Å². The maximum Gasteiger partial charge on any atom is 0.152 e. The number of hydrogen-bond donors (Lipinski definition) is 2. The van der Waals surface area contributed by atoms with Crippen LogP contribution in [0.5, 0.6) is 0 Å². The SMILES string of the molecule is Cc1ccc(-c2[nH]ncc2CNCC2CCN(C)CC2)o1. The van der Waals surface area contributed by atoms with E-state index in [4.69, 9.17) is 4.42 Å². The Morgan fingerprint density at radius 2 is 2.19 bits per heavy atom. The summed E-state index contributed by atoms with van der Waals surface area (Å²) < 4.78 is 5.67. The number of aromatic amines is 1. The molecule has 0 aliphatic carbocycles. The Labute approximate surface area is 125 Å². The lowest BCUT2D eigenvalue weighted by molar-refractivity contribution is 0.216. The molecular weight excluding hydrogens is 264 g/mol. The molecule has 21 heavy (non-hydrogen) atoms. The number of aryl methyl sites for hydroxylation is 1. The highest BCUT2D eigenvalue weighted by atomic mass is 16.3. The molecule has 0 spiro atoms. The molecular formula is C16H24N4O. The third-order valence-corrected chi connectivity index (χ3v) is 4.29. The normalized spacial score (nSPS) is 17.4. The minimum atomic E-state index is 0.794. The van der Waals surface area contributed by atoms with Crippen LogP contribution in [0.2, 0.25) is 0 Å². The van der Waals surface area contributed by atoms with Gasteiger partial charge in [-0.25, -0.2) is 0 Å². The molecule has 2 aromatic rings. The van der Waals surface area contributed by atoms with Crippen molar-refractivity contribution in [2.75, 3.05) is 26.7 Å². The number of furan rings is 1. The highest BCUT2D eigenvalue weighted by Gasteiger charge is 2.17. The van der Waals surface area contributed by atoms with Crippen molar-refractivity contribution >= 4 is 0 Å². The molecule has 5 nitrogen and oxygen atoms in total. The average Bonchev–Trinajstić information content (AvgIpc) is 3.10. The second-order valence-electron chi connectivity index (χ2n) is 6.06. The van der Waals surface area contributed by atoms with Gasteiger partial charge in [-0.05, 0) is 64.5 Å². The van der Waals surface area contributed by atoms with E-state index in [1.165, 1.54) is 25.9 Å². The van der Waals surface area contributed by atoms with Gasteiger partial charge in [-0.3, -0.25) is 5.10 Å². The number of aromatic nitrogens is 2. The second-order valence-corrected chi connectivity index (χ2v) is 6.06. The van der Waals surface area contributed by atoms with Gasteiger partial charge < -0.3 is 14.6 Å². The Bertz CT molecular complexity index is 566. The molecule has 3 rings (SSSR count). The van der Waals surface area contributed by atoms with Crippen LogP contribution >= 0.6 is 0 Å². The van der Waals surface area contributed by atoms with Gasteiger partial charge >= 0.3 is 0 Å². The summed E-state index contributed by atoms with van der Waals surface area (Å²) in [5.41, 5.74) is 2.15. The van der Waals surface area contributed by atoms with Crippen molar-refractivity contribution in [3.8, 4) is 11.5 Å². The van der Waals surface area contributed by atoms with E-state index in [0.29, 0.717) is 0 Å². The minimum absolute atomic E-state index is 0.794. The summed E-state index contributed by atoms with van der Waals surface area (Å²) >= 11 is 0. The second kappa shape index (κ2) is 6.45. The summed E-state index contributed by atoms with van der Waals surface area (Å²) in [6.45, 7) is 6.30. The van der Waals surface area contributed by atoms with Crippen molar-refractivity contribution in [2.45, 2.75) is 26.3 Å². The van der Waals surface area contributed by atoms with Crippen LogP contribution in [0.4, 0.5) is 0 Å². The Balaban J connectivity index is 1.53. The standard InChI is InChI=1S/C16H24N4O/c1-12-3-4-15(21-12)16-14(11-18-19-16)10-17-9-13-5-7-20(2)8-6-13/h3-4,11,13,17H,5-10H2,1-2H3,(H,18,19). The molecule has 0 saturated carbocycles. The summed E-state index contributed by atoms with van der Waals surface area (Å²) in [5, 5.41) is 10.8.